The van der Waals surface area contributed by atoms with Gasteiger partial charge in [-0.2, -0.15) is 0 Å². The summed E-state index contributed by atoms with van der Waals surface area (Å²) in [6, 6.07) is 85.7. The SMILES string of the molecule is c1ccc(-c2cccc(N(c3ccccc3-c3ccccc3)c3ccccc3-c3ccc4c(c3)c(-c3ccccc3)c(-c3ccccc3)c3ccccc34)c2)cc1. The quantitative estimate of drug-likeness (QED) is 0.141. The molecule has 57 heavy (non-hydrogen) atoms. The van der Waals surface area contributed by atoms with Crippen molar-refractivity contribution in [1.82, 2.24) is 0 Å². The largest absolute Gasteiger partial charge is 0.309 e. The van der Waals surface area contributed by atoms with E-state index in [0.29, 0.717) is 0 Å². The summed E-state index contributed by atoms with van der Waals surface area (Å²) in [6.45, 7) is 0. The van der Waals surface area contributed by atoms with Crippen LogP contribution in [-0.2, 0) is 0 Å². The molecular formula is C56H39N. The predicted octanol–water partition coefficient (Wildman–Crippen LogP) is 15.8. The lowest BCUT2D eigenvalue weighted by Gasteiger charge is -2.30. The van der Waals surface area contributed by atoms with E-state index in [2.05, 4.69) is 241 Å². The van der Waals surface area contributed by atoms with Crippen molar-refractivity contribution in [2.75, 3.05) is 4.90 Å². The van der Waals surface area contributed by atoms with Crippen LogP contribution in [0.1, 0.15) is 0 Å². The number of para-hydroxylation sites is 2. The van der Waals surface area contributed by atoms with Crippen molar-refractivity contribution in [2.24, 2.45) is 0 Å². The number of nitrogens with zero attached hydrogens (tertiary/aromatic N) is 1. The zero-order chi connectivity index (χ0) is 38.0. The summed E-state index contributed by atoms with van der Waals surface area (Å²) in [5.41, 5.74) is 15.2. The first-order chi connectivity index (χ1) is 28.3. The Morgan fingerprint density at radius 3 is 1.28 bits per heavy atom. The van der Waals surface area contributed by atoms with Gasteiger partial charge in [0.15, 0.2) is 0 Å². The topological polar surface area (TPSA) is 3.24 Å². The van der Waals surface area contributed by atoms with Gasteiger partial charge in [-0.05, 0) is 96.4 Å². The van der Waals surface area contributed by atoms with Crippen LogP contribution in [0, 0.1) is 0 Å². The lowest BCUT2D eigenvalue weighted by Crippen LogP contribution is -2.12. The molecule has 0 unspecified atom stereocenters. The number of rotatable bonds is 8. The number of fused-ring (bicyclic) bond motifs is 3. The van der Waals surface area contributed by atoms with Gasteiger partial charge in [-0.3, -0.25) is 0 Å². The Balaban J connectivity index is 1.25. The third-order valence-corrected chi connectivity index (χ3v) is 11.0. The molecule has 0 fully saturated rings. The minimum Gasteiger partial charge on any atom is -0.309 e. The number of hydrogen-bond donors (Lipinski definition) is 0. The minimum absolute atomic E-state index is 1.09. The summed E-state index contributed by atoms with van der Waals surface area (Å²) in [4.78, 5) is 2.45. The van der Waals surface area contributed by atoms with Crippen LogP contribution < -0.4 is 4.90 Å². The molecule has 0 aliphatic carbocycles. The molecule has 10 rings (SSSR count). The predicted molar refractivity (Wildman–Crippen MR) is 243 cm³/mol. The molecule has 0 amide bonds. The minimum atomic E-state index is 1.09. The van der Waals surface area contributed by atoms with Crippen LogP contribution in [0.3, 0.4) is 0 Å². The normalized spacial score (nSPS) is 11.2. The van der Waals surface area contributed by atoms with Crippen molar-refractivity contribution in [1.29, 1.82) is 0 Å². The summed E-state index contributed by atoms with van der Waals surface area (Å²) in [6.07, 6.45) is 0. The molecule has 0 aromatic heterocycles. The molecule has 1 nitrogen and oxygen atoms in total. The fourth-order valence-electron chi connectivity index (χ4n) is 8.47. The van der Waals surface area contributed by atoms with E-state index in [1.54, 1.807) is 0 Å². The molecule has 0 heterocycles. The van der Waals surface area contributed by atoms with E-state index in [0.717, 1.165) is 28.2 Å². The molecule has 0 bridgehead atoms. The van der Waals surface area contributed by atoms with Gasteiger partial charge in [-0.1, -0.05) is 206 Å². The van der Waals surface area contributed by atoms with Crippen molar-refractivity contribution in [3.05, 3.63) is 237 Å². The van der Waals surface area contributed by atoms with Crippen LogP contribution in [-0.4, -0.2) is 0 Å². The highest BCUT2D eigenvalue weighted by atomic mass is 15.1. The van der Waals surface area contributed by atoms with Crippen molar-refractivity contribution < 1.29 is 0 Å². The standard InChI is InChI=1S/C56H39N/c1-5-20-40(21-6-1)44-28-19-29-46(38-44)57(53-34-17-15-30-47(53)41-22-7-2-8-23-41)54-35-18-16-31-48(54)45-36-37-50-49-32-13-14-33-51(49)55(42-24-9-3-10-25-42)56(52(50)39-45)43-26-11-4-12-27-43/h1-39H. The van der Waals surface area contributed by atoms with Gasteiger partial charge in [0.1, 0.15) is 0 Å². The molecule has 0 spiro atoms. The smallest absolute Gasteiger partial charge is 0.0540 e. The van der Waals surface area contributed by atoms with Crippen LogP contribution in [0.15, 0.2) is 237 Å². The first-order valence-corrected chi connectivity index (χ1v) is 19.6. The fraction of sp³-hybridized carbons (Fsp3) is 0. The summed E-state index contributed by atoms with van der Waals surface area (Å²) >= 11 is 0. The zero-order valence-electron chi connectivity index (χ0n) is 31.5. The van der Waals surface area contributed by atoms with E-state index < -0.39 is 0 Å². The molecule has 0 atom stereocenters. The van der Waals surface area contributed by atoms with Crippen molar-refractivity contribution >= 4 is 38.6 Å². The van der Waals surface area contributed by atoms with Gasteiger partial charge in [-0.25, -0.2) is 0 Å². The van der Waals surface area contributed by atoms with Crippen LogP contribution in [0.2, 0.25) is 0 Å². The van der Waals surface area contributed by atoms with Gasteiger partial charge in [0.25, 0.3) is 0 Å². The van der Waals surface area contributed by atoms with Crippen molar-refractivity contribution in [3.8, 4) is 55.6 Å². The van der Waals surface area contributed by atoms with E-state index in [9.17, 15) is 0 Å². The first-order valence-electron chi connectivity index (χ1n) is 19.6. The second-order valence-electron chi connectivity index (χ2n) is 14.4. The van der Waals surface area contributed by atoms with Gasteiger partial charge in [0.2, 0.25) is 0 Å². The molecule has 0 aliphatic heterocycles. The Kier molecular flexibility index (Phi) is 8.95. The summed E-state index contributed by atoms with van der Waals surface area (Å²) in [7, 11) is 0. The van der Waals surface area contributed by atoms with Crippen LogP contribution in [0.5, 0.6) is 0 Å². The fourth-order valence-corrected chi connectivity index (χ4v) is 8.47. The van der Waals surface area contributed by atoms with Gasteiger partial charge in [0, 0.05) is 16.8 Å². The van der Waals surface area contributed by atoms with Crippen LogP contribution >= 0.6 is 0 Å². The Hall–Kier alpha value is -7.48. The molecule has 10 aromatic rings. The second kappa shape index (κ2) is 15.0. The van der Waals surface area contributed by atoms with E-state index in [-0.39, 0.29) is 0 Å². The van der Waals surface area contributed by atoms with E-state index >= 15 is 0 Å². The highest BCUT2D eigenvalue weighted by Crippen LogP contribution is 2.48. The Bertz CT molecular complexity index is 2990. The highest BCUT2D eigenvalue weighted by molar-refractivity contribution is 6.22. The maximum Gasteiger partial charge on any atom is 0.0540 e. The summed E-state index contributed by atoms with van der Waals surface area (Å²) < 4.78 is 0. The zero-order valence-corrected chi connectivity index (χ0v) is 31.5. The molecule has 268 valence electrons. The number of anilines is 3. The van der Waals surface area contributed by atoms with E-state index in [1.807, 2.05) is 0 Å². The average molecular weight is 726 g/mol. The molecule has 1 heteroatoms. The van der Waals surface area contributed by atoms with E-state index in [1.165, 1.54) is 66.1 Å². The maximum atomic E-state index is 2.45. The van der Waals surface area contributed by atoms with Crippen LogP contribution in [0.4, 0.5) is 17.1 Å². The van der Waals surface area contributed by atoms with Gasteiger partial charge < -0.3 is 4.90 Å². The lowest BCUT2D eigenvalue weighted by molar-refractivity contribution is 1.28. The summed E-state index contributed by atoms with van der Waals surface area (Å²) in [5.74, 6) is 0. The molecular weight excluding hydrogens is 687 g/mol. The molecule has 0 N–H and O–H groups in total. The Morgan fingerprint density at radius 2 is 0.667 bits per heavy atom. The number of hydrogen-bond acceptors (Lipinski definition) is 1. The third kappa shape index (κ3) is 6.36. The Labute approximate surface area is 334 Å². The number of benzene rings is 10. The second-order valence-corrected chi connectivity index (χ2v) is 14.4. The van der Waals surface area contributed by atoms with Crippen LogP contribution in [0.25, 0.3) is 77.2 Å². The summed E-state index contributed by atoms with van der Waals surface area (Å²) in [5, 5.41) is 4.98. The van der Waals surface area contributed by atoms with Gasteiger partial charge >= 0.3 is 0 Å². The molecule has 0 radical (unpaired) electrons. The monoisotopic (exact) mass is 725 g/mol. The van der Waals surface area contributed by atoms with Gasteiger partial charge in [0.05, 0.1) is 11.4 Å². The van der Waals surface area contributed by atoms with Gasteiger partial charge in [-0.15, -0.1) is 0 Å². The Morgan fingerprint density at radius 1 is 0.228 bits per heavy atom. The molecule has 10 aromatic carbocycles. The van der Waals surface area contributed by atoms with E-state index in [4.69, 9.17) is 0 Å². The molecule has 0 saturated carbocycles. The maximum absolute atomic E-state index is 2.45. The molecule has 0 saturated heterocycles. The lowest BCUT2D eigenvalue weighted by atomic mass is 9.84. The first kappa shape index (κ1) is 34.0. The third-order valence-electron chi connectivity index (χ3n) is 11.0. The molecule has 0 aliphatic rings. The van der Waals surface area contributed by atoms with Crippen molar-refractivity contribution in [2.45, 2.75) is 0 Å². The highest BCUT2D eigenvalue weighted by Gasteiger charge is 2.23. The average Bonchev–Trinajstić information content (AvgIpc) is 3.30. The van der Waals surface area contributed by atoms with Crippen molar-refractivity contribution in [3.63, 3.8) is 0 Å².